The Morgan fingerprint density at radius 1 is 1.02 bits per heavy atom. The smallest absolute Gasteiger partial charge is 0.243 e. The number of rotatable bonds is 12. The lowest BCUT2D eigenvalue weighted by atomic mass is 9.95. The number of nitrogens with one attached hydrogen (secondary N) is 1. The Morgan fingerprint density at radius 2 is 1.68 bits per heavy atom. The van der Waals surface area contributed by atoms with E-state index in [1.807, 2.05) is 13.8 Å². The van der Waals surface area contributed by atoms with Gasteiger partial charge in [-0.25, -0.2) is 8.42 Å². The van der Waals surface area contributed by atoms with Crippen LogP contribution in [0, 0.1) is 6.92 Å². The fraction of sp³-hybridized carbons (Fsp3) is 0.517. The van der Waals surface area contributed by atoms with Crippen LogP contribution < -0.4 is 9.62 Å². The molecule has 0 radical (unpaired) electrons. The molecule has 2 aromatic carbocycles. The second-order valence-corrected chi connectivity index (χ2v) is 13.6. The predicted octanol–water partition coefficient (Wildman–Crippen LogP) is 6.76. The number of amides is 2. The number of anilines is 1. The van der Waals surface area contributed by atoms with E-state index in [-0.39, 0.29) is 43.8 Å². The Kier molecular flexibility index (Phi) is 12.0. The first-order valence-electron chi connectivity index (χ1n) is 13.7. The van der Waals surface area contributed by atoms with Gasteiger partial charge in [0, 0.05) is 40.6 Å². The Balaban J connectivity index is 1.81. The van der Waals surface area contributed by atoms with E-state index in [1.165, 1.54) is 10.7 Å². The third kappa shape index (κ3) is 9.00. The molecule has 11 heteroatoms. The Hall–Kier alpha value is -2.00. The molecule has 0 saturated heterocycles. The highest BCUT2D eigenvalue weighted by Gasteiger charge is 2.31. The lowest BCUT2D eigenvalue weighted by Gasteiger charge is -2.33. The van der Waals surface area contributed by atoms with Gasteiger partial charge >= 0.3 is 0 Å². The maximum Gasteiger partial charge on any atom is 0.243 e. The van der Waals surface area contributed by atoms with Gasteiger partial charge in [0.15, 0.2) is 0 Å². The molecule has 0 spiro atoms. The van der Waals surface area contributed by atoms with Crippen LogP contribution in [0.1, 0.15) is 69.4 Å². The van der Waals surface area contributed by atoms with Gasteiger partial charge in [-0.15, -0.1) is 0 Å². The van der Waals surface area contributed by atoms with Crippen LogP contribution in [0.3, 0.4) is 0 Å². The molecule has 2 aromatic rings. The number of aryl methyl sites for hydroxylation is 1. The van der Waals surface area contributed by atoms with Gasteiger partial charge in [0.1, 0.15) is 6.04 Å². The van der Waals surface area contributed by atoms with Gasteiger partial charge in [-0.2, -0.15) is 0 Å². The lowest BCUT2D eigenvalue weighted by Crippen LogP contribution is -2.51. The first-order valence-corrected chi connectivity index (χ1v) is 16.7. The van der Waals surface area contributed by atoms with E-state index >= 15 is 0 Å². The average molecular weight is 631 g/mol. The minimum atomic E-state index is -3.63. The van der Waals surface area contributed by atoms with E-state index in [2.05, 4.69) is 5.32 Å². The summed E-state index contributed by atoms with van der Waals surface area (Å²) < 4.78 is 26.6. The van der Waals surface area contributed by atoms with Crippen molar-refractivity contribution in [2.45, 2.75) is 83.8 Å². The summed E-state index contributed by atoms with van der Waals surface area (Å²) in [6.45, 7) is 3.91. The van der Waals surface area contributed by atoms with E-state index < -0.39 is 16.1 Å². The SMILES string of the molecule is CCC(C(=O)NC1CCCCC1)N(Cc1ccc(Cl)cc1Cl)C(=O)CCCN(c1cc(Cl)ccc1C)S(C)(=O)=O. The van der Waals surface area contributed by atoms with Crippen LogP contribution in [0.5, 0.6) is 0 Å². The quantitative estimate of drug-likeness (QED) is 0.281. The summed E-state index contributed by atoms with van der Waals surface area (Å²) >= 11 is 18.7. The number of nitrogens with zero attached hydrogens (tertiary/aromatic N) is 2. The molecular weight excluding hydrogens is 593 g/mol. The van der Waals surface area contributed by atoms with Crippen molar-refractivity contribution in [1.29, 1.82) is 0 Å². The summed E-state index contributed by atoms with van der Waals surface area (Å²) in [7, 11) is -3.63. The number of hydrogen-bond donors (Lipinski definition) is 1. The molecule has 2 amide bonds. The zero-order valence-corrected chi connectivity index (χ0v) is 26.3. The zero-order chi connectivity index (χ0) is 29.4. The minimum absolute atomic E-state index is 0.0457. The van der Waals surface area contributed by atoms with Crippen LogP contribution in [0.25, 0.3) is 0 Å². The number of benzene rings is 2. The maximum atomic E-state index is 13.7. The van der Waals surface area contributed by atoms with Gasteiger partial charge in [0.05, 0.1) is 11.9 Å². The van der Waals surface area contributed by atoms with Crippen LogP contribution in [-0.4, -0.2) is 50.0 Å². The fourth-order valence-electron chi connectivity index (χ4n) is 5.13. The molecule has 1 saturated carbocycles. The molecule has 1 unspecified atom stereocenters. The standard InChI is InChI=1S/C29H38Cl3N3O4S/c1-4-26(29(37)33-24-9-6-5-7-10-24)34(19-21-13-15-22(30)17-25(21)32)28(36)11-8-16-35(40(3,38)39)27-18-23(31)14-12-20(27)2/h12-15,17-18,24,26H,4-11,16,19H2,1-3H3,(H,33,37). The third-order valence-corrected chi connectivity index (χ3v) is 9.29. The Morgan fingerprint density at radius 3 is 2.30 bits per heavy atom. The molecule has 7 nitrogen and oxygen atoms in total. The molecule has 0 heterocycles. The van der Waals surface area contributed by atoms with Gasteiger partial charge < -0.3 is 10.2 Å². The molecule has 1 aliphatic rings. The van der Waals surface area contributed by atoms with Crippen LogP contribution in [-0.2, 0) is 26.2 Å². The number of sulfonamides is 1. The van der Waals surface area contributed by atoms with Gasteiger partial charge in [0.2, 0.25) is 21.8 Å². The van der Waals surface area contributed by atoms with Crippen LogP contribution >= 0.6 is 34.8 Å². The van der Waals surface area contributed by atoms with Gasteiger partial charge in [-0.1, -0.05) is 73.1 Å². The van der Waals surface area contributed by atoms with E-state index in [9.17, 15) is 18.0 Å². The Bertz CT molecular complexity index is 1300. The fourth-order valence-corrected chi connectivity index (χ4v) is 6.78. The van der Waals surface area contributed by atoms with E-state index in [1.54, 1.807) is 41.3 Å². The highest BCUT2D eigenvalue weighted by molar-refractivity contribution is 7.92. The first kappa shape index (κ1) is 32.5. The largest absolute Gasteiger partial charge is 0.352 e. The molecule has 220 valence electrons. The Labute approximate surface area is 253 Å². The zero-order valence-electron chi connectivity index (χ0n) is 23.3. The molecule has 1 atom stereocenters. The molecule has 1 aliphatic carbocycles. The number of carbonyl (C=O) groups excluding carboxylic acids is 2. The summed E-state index contributed by atoms with van der Waals surface area (Å²) in [5.74, 6) is -0.437. The lowest BCUT2D eigenvalue weighted by molar-refractivity contribution is -0.141. The van der Waals surface area contributed by atoms with E-state index in [0.29, 0.717) is 32.7 Å². The average Bonchev–Trinajstić information content (AvgIpc) is 2.89. The summed E-state index contributed by atoms with van der Waals surface area (Å²) in [5, 5.41) is 4.46. The second-order valence-electron chi connectivity index (χ2n) is 10.4. The maximum absolute atomic E-state index is 13.7. The summed E-state index contributed by atoms with van der Waals surface area (Å²) in [6, 6.07) is 9.55. The normalized spacial score (nSPS) is 14.9. The number of halogens is 3. The van der Waals surface area contributed by atoms with Crippen molar-refractivity contribution in [3.05, 3.63) is 62.6 Å². The third-order valence-electron chi connectivity index (χ3n) is 7.29. The van der Waals surface area contributed by atoms with Crippen LogP contribution in [0.4, 0.5) is 5.69 Å². The van der Waals surface area contributed by atoms with Crippen molar-refractivity contribution in [3.8, 4) is 0 Å². The minimum Gasteiger partial charge on any atom is -0.352 e. The molecule has 0 bridgehead atoms. The van der Waals surface area contributed by atoms with Crippen molar-refractivity contribution in [3.63, 3.8) is 0 Å². The van der Waals surface area contributed by atoms with Gasteiger partial charge in [0.25, 0.3) is 0 Å². The van der Waals surface area contributed by atoms with Crippen molar-refractivity contribution in [2.24, 2.45) is 0 Å². The van der Waals surface area contributed by atoms with E-state index in [0.717, 1.165) is 37.5 Å². The van der Waals surface area contributed by atoms with Gasteiger partial charge in [-0.05, 0) is 68.0 Å². The predicted molar refractivity (Wildman–Crippen MR) is 164 cm³/mol. The van der Waals surface area contributed by atoms with Gasteiger partial charge in [-0.3, -0.25) is 13.9 Å². The molecule has 1 N–H and O–H groups in total. The van der Waals surface area contributed by atoms with Crippen LogP contribution in [0.15, 0.2) is 36.4 Å². The second kappa shape index (κ2) is 14.8. The topological polar surface area (TPSA) is 86.8 Å². The monoisotopic (exact) mass is 629 g/mol. The first-order chi connectivity index (χ1) is 18.9. The molecule has 3 rings (SSSR count). The van der Waals surface area contributed by atoms with Crippen molar-refractivity contribution in [1.82, 2.24) is 10.2 Å². The molecular formula is C29H38Cl3N3O4S. The van der Waals surface area contributed by atoms with Crippen molar-refractivity contribution in [2.75, 3.05) is 17.1 Å². The highest BCUT2D eigenvalue weighted by atomic mass is 35.5. The highest BCUT2D eigenvalue weighted by Crippen LogP contribution is 2.28. The molecule has 1 fully saturated rings. The summed E-state index contributed by atoms with van der Waals surface area (Å²) in [4.78, 5) is 28.7. The van der Waals surface area contributed by atoms with E-state index in [4.69, 9.17) is 34.8 Å². The summed E-state index contributed by atoms with van der Waals surface area (Å²) in [5.41, 5.74) is 1.91. The van der Waals surface area contributed by atoms with Crippen molar-refractivity contribution < 1.29 is 18.0 Å². The van der Waals surface area contributed by atoms with Crippen LogP contribution in [0.2, 0.25) is 15.1 Å². The molecule has 0 aromatic heterocycles. The molecule has 40 heavy (non-hydrogen) atoms. The van der Waals surface area contributed by atoms with Crippen molar-refractivity contribution >= 4 is 62.3 Å². The summed E-state index contributed by atoms with van der Waals surface area (Å²) in [6.07, 6.45) is 7.05. The number of carbonyl (C=O) groups is 2. The number of hydrogen-bond acceptors (Lipinski definition) is 4. The molecule has 0 aliphatic heterocycles.